The quantitative estimate of drug-likeness (QED) is 0.899. The van der Waals surface area contributed by atoms with E-state index in [0.717, 1.165) is 18.7 Å². The average molecular weight is 277 g/mol. The molecule has 1 aromatic rings. The van der Waals surface area contributed by atoms with Crippen LogP contribution in [0.1, 0.15) is 29.6 Å². The Morgan fingerprint density at radius 1 is 1.35 bits per heavy atom. The molecule has 1 aliphatic rings. The van der Waals surface area contributed by atoms with Gasteiger partial charge in [0.15, 0.2) is 0 Å². The molecule has 2 heterocycles. The molecule has 6 heteroatoms. The van der Waals surface area contributed by atoms with Crippen molar-refractivity contribution in [2.45, 2.75) is 25.3 Å². The smallest absolute Gasteiger partial charge is 0.326 e. The van der Waals surface area contributed by atoms with Gasteiger partial charge in [0.25, 0.3) is 5.91 Å². The molecule has 1 fully saturated rings. The van der Waals surface area contributed by atoms with Gasteiger partial charge < -0.3 is 14.9 Å². The summed E-state index contributed by atoms with van der Waals surface area (Å²) in [7, 11) is 3.74. The van der Waals surface area contributed by atoms with Crippen molar-refractivity contribution in [3.63, 3.8) is 0 Å². The lowest BCUT2D eigenvalue weighted by molar-refractivity contribution is -0.143. The molecule has 1 atom stereocenters. The number of aliphatic carboxylic acids is 1. The van der Waals surface area contributed by atoms with Gasteiger partial charge in [-0.1, -0.05) is 0 Å². The van der Waals surface area contributed by atoms with Crippen LogP contribution in [0.4, 0.5) is 5.82 Å². The van der Waals surface area contributed by atoms with Crippen LogP contribution >= 0.6 is 0 Å². The topological polar surface area (TPSA) is 73.7 Å². The number of carbonyl (C=O) groups excluding carboxylic acids is 1. The number of carboxylic acid groups (broad SMARTS) is 1. The number of carboxylic acids is 1. The summed E-state index contributed by atoms with van der Waals surface area (Å²) in [6.07, 6.45) is 3.72. The molecule has 1 saturated heterocycles. The number of pyridine rings is 1. The van der Waals surface area contributed by atoms with Crippen molar-refractivity contribution < 1.29 is 14.7 Å². The first-order valence-corrected chi connectivity index (χ1v) is 6.68. The zero-order valence-corrected chi connectivity index (χ0v) is 11.7. The molecule has 1 N–H and O–H groups in total. The molecule has 108 valence electrons. The highest BCUT2D eigenvalue weighted by Crippen LogP contribution is 2.20. The highest BCUT2D eigenvalue weighted by Gasteiger charge is 2.32. The van der Waals surface area contributed by atoms with Gasteiger partial charge in [-0.15, -0.1) is 0 Å². The summed E-state index contributed by atoms with van der Waals surface area (Å²) in [5.74, 6) is -0.430. The van der Waals surface area contributed by atoms with E-state index in [-0.39, 0.29) is 5.91 Å². The van der Waals surface area contributed by atoms with Crippen LogP contribution in [-0.2, 0) is 4.79 Å². The van der Waals surface area contributed by atoms with Gasteiger partial charge in [-0.05, 0) is 31.4 Å². The van der Waals surface area contributed by atoms with Gasteiger partial charge in [-0.2, -0.15) is 0 Å². The summed E-state index contributed by atoms with van der Waals surface area (Å²) in [5.41, 5.74) is 0.434. The van der Waals surface area contributed by atoms with Crippen LogP contribution in [0, 0.1) is 0 Å². The second kappa shape index (κ2) is 5.90. The third-order valence-corrected chi connectivity index (χ3v) is 3.50. The van der Waals surface area contributed by atoms with Crippen LogP contribution in [0.15, 0.2) is 18.3 Å². The fraction of sp³-hybridized carbons (Fsp3) is 0.500. The molecule has 0 unspecified atom stereocenters. The molecule has 0 aromatic carbocycles. The minimum atomic E-state index is -0.934. The monoisotopic (exact) mass is 277 g/mol. The maximum Gasteiger partial charge on any atom is 0.326 e. The standard InChI is InChI=1S/C14H19N3O3/c1-16(2)12-7-6-10(9-15-12)13(18)17-8-4-3-5-11(17)14(19)20/h6-7,9,11H,3-5,8H2,1-2H3,(H,19,20)/t11-/m0/s1. The summed E-state index contributed by atoms with van der Waals surface area (Å²) in [6, 6.07) is 2.73. The molecule has 1 aromatic heterocycles. The number of likely N-dealkylation sites (tertiary alicyclic amines) is 1. The first kappa shape index (κ1) is 14.3. The Hall–Kier alpha value is -2.11. The van der Waals surface area contributed by atoms with E-state index in [0.29, 0.717) is 18.5 Å². The number of aromatic nitrogens is 1. The molecular formula is C14H19N3O3. The number of anilines is 1. The molecule has 2 rings (SSSR count). The molecule has 1 amide bonds. The van der Waals surface area contributed by atoms with Crippen LogP contribution in [0.3, 0.4) is 0 Å². The van der Waals surface area contributed by atoms with Crippen molar-refractivity contribution in [3.8, 4) is 0 Å². The number of amides is 1. The summed E-state index contributed by atoms with van der Waals surface area (Å²) >= 11 is 0. The van der Waals surface area contributed by atoms with Crippen molar-refractivity contribution in [3.05, 3.63) is 23.9 Å². The molecule has 20 heavy (non-hydrogen) atoms. The Bertz CT molecular complexity index is 499. The van der Waals surface area contributed by atoms with E-state index in [1.807, 2.05) is 19.0 Å². The molecule has 0 aliphatic carbocycles. The lowest BCUT2D eigenvalue weighted by Crippen LogP contribution is -2.48. The zero-order chi connectivity index (χ0) is 14.7. The predicted molar refractivity (Wildman–Crippen MR) is 74.9 cm³/mol. The lowest BCUT2D eigenvalue weighted by Gasteiger charge is -2.32. The van der Waals surface area contributed by atoms with Gasteiger partial charge in [-0.25, -0.2) is 9.78 Å². The van der Waals surface area contributed by atoms with Gasteiger partial charge in [-0.3, -0.25) is 4.79 Å². The van der Waals surface area contributed by atoms with Gasteiger partial charge >= 0.3 is 5.97 Å². The Kier molecular flexibility index (Phi) is 4.22. The molecule has 0 saturated carbocycles. The van der Waals surface area contributed by atoms with Gasteiger partial charge in [0.05, 0.1) is 5.56 Å². The molecule has 0 spiro atoms. The van der Waals surface area contributed by atoms with E-state index < -0.39 is 12.0 Å². The number of nitrogens with zero attached hydrogens (tertiary/aromatic N) is 3. The van der Waals surface area contributed by atoms with E-state index in [9.17, 15) is 14.7 Å². The fourth-order valence-electron chi connectivity index (χ4n) is 2.37. The third kappa shape index (κ3) is 2.89. The molecule has 0 radical (unpaired) electrons. The van der Waals surface area contributed by atoms with E-state index in [1.54, 1.807) is 12.1 Å². The molecule has 0 bridgehead atoms. The van der Waals surface area contributed by atoms with E-state index >= 15 is 0 Å². The number of piperidine rings is 1. The Balaban J connectivity index is 2.18. The Morgan fingerprint density at radius 3 is 2.65 bits per heavy atom. The normalized spacial score (nSPS) is 18.7. The predicted octanol–water partition coefficient (Wildman–Crippen LogP) is 1.23. The minimum Gasteiger partial charge on any atom is -0.480 e. The van der Waals surface area contributed by atoms with E-state index in [1.165, 1.54) is 11.1 Å². The summed E-state index contributed by atoms with van der Waals surface area (Å²) in [6.45, 7) is 0.491. The van der Waals surface area contributed by atoms with Gasteiger partial charge in [0.2, 0.25) is 0 Å². The third-order valence-electron chi connectivity index (χ3n) is 3.50. The van der Waals surface area contributed by atoms with Gasteiger partial charge in [0, 0.05) is 26.8 Å². The van der Waals surface area contributed by atoms with Crippen LogP contribution in [-0.4, -0.2) is 53.5 Å². The van der Waals surface area contributed by atoms with E-state index in [2.05, 4.69) is 4.98 Å². The first-order valence-electron chi connectivity index (χ1n) is 6.68. The largest absolute Gasteiger partial charge is 0.480 e. The summed E-state index contributed by atoms with van der Waals surface area (Å²) in [4.78, 5) is 31.1. The highest BCUT2D eigenvalue weighted by atomic mass is 16.4. The summed E-state index contributed by atoms with van der Waals surface area (Å²) < 4.78 is 0. The number of hydrogen-bond acceptors (Lipinski definition) is 4. The maximum absolute atomic E-state index is 12.4. The van der Waals surface area contributed by atoms with Crippen molar-refractivity contribution >= 4 is 17.7 Å². The minimum absolute atomic E-state index is 0.255. The number of rotatable bonds is 3. The van der Waals surface area contributed by atoms with Crippen molar-refractivity contribution in [1.29, 1.82) is 0 Å². The van der Waals surface area contributed by atoms with Crippen molar-refractivity contribution in [2.75, 3.05) is 25.5 Å². The first-order chi connectivity index (χ1) is 9.50. The Morgan fingerprint density at radius 2 is 2.10 bits per heavy atom. The van der Waals surface area contributed by atoms with Crippen molar-refractivity contribution in [2.24, 2.45) is 0 Å². The SMILES string of the molecule is CN(C)c1ccc(C(=O)N2CCCC[C@H]2C(=O)O)cn1. The lowest BCUT2D eigenvalue weighted by atomic mass is 10.0. The second-order valence-corrected chi connectivity index (χ2v) is 5.15. The molecular weight excluding hydrogens is 258 g/mol. The Labute approximate surface area is 118 Å². The average Bonchev–Trinajstić information content (AvgIpc) is 2.46. The second-order valence-electron chi connectivity index (χ2n) is 5.15. The van der Waals surface area contributed by atoms with Crippen LogP contribution < -0.4 is 4.90 Å². The summed E-state index contributed by atoms with van der Waals surface area (Å²) in [5, 5.41) is 9.21. The maximum atomic E-state index is 12.4. The highest BCUT2D eigenvalue weighted by molar-refractivity contribution is 5.96. The van der Waals surface area contributed by atoms with Crippen LogP contribution in [0.25, 0.3) is 0 Å². The number of carbonyl (C=O) groups is 2. The fourth-order valence-corrected chi connectivity index (χ4v) is 2.37. The molecule has 6 nitrogen and oxygen atoms in total. The van der Waals surface area contributed by atoms with Gasteiger partial charge in [0.1, 0.15) is 11.9 Å². The van der Waals surface area contributed by atoms with Crippen molar-refractivity contribution in [1.82, 2.24) is 9.88 Å². The van der Waals surface area contributed by atoms with Crippen LogP contribution in [0.5, 0.6) is 0 Å². The zero-order valence-electron chi connectivity index (χ0n) is 11.7. The van der Waals surface area contributed by atoms with Crippen LogP contribution in [0.2, 0.25) is 0 Å². The van der Waals surface area contributed by atoms with E-state index in [4.69, 9.17) is 0 Å². The molecule has 1 aliphatic heterocycles. The number of hydrogen-bond donors (Lipinski definition) is 1.